The van der Waals surface area contributed by atoms with Gasteiger partial charge in [-0.15, -0.1) is 0 Å². The van der Waals surface area contributed by atoms with Crippen molar-refractivity contribution in [3.05, 3.63) is 36.4 Å². The summed E-state index contributed by atoms with van der Waals surface area (Å²) < 4.78 is 48.5. The van der Waals surface area contributed by atoms with Crippen LogP contribution in [0.2, 0.25) is 0 Å². The molecule has 134 valence electrons. The number of hydrogen-bond donors (Lipinski definition) is 0. The minimum atomic E-state index is -3.80. The van der Waals surface area contributed by atoms with E-state index < -0.39 is 10.0 Å². The topological polar surface area (TPSA) is 74.3 Å². The highest BCUT2D eigenvalue weighted by molar-refractivity contribution is 7.92. The molecule has 0 spiro atoms. The van der Waals surface area contributed by atoms with Gasteiger partial charge in [0.05, 0.1) is 24.8 Å². The third kappa shape index (κ3) is 3.17. The lowest BCUT2D eigenvalue weighted by Gasteiger charge is -2.23. The molecule has 0 amide bonds. The second-order valence-electron chi connectivity index (χ2n) is 5.32. The molecule has 25 heavy (non-hydrogen) atoms. The summed E-state index contributed by atoms with van der Waals surface area (Å²) in [5.41, 5.74) is 0.401. The molecule has 0 saturated heterocycles. The van der Waals surface area contributed by atoms with Gasteiger partial charge < -0.3 is 18.9 Å². The lowest BCUT2D eigenvalue weighted by molar-refractivity contribution is 0.171. The summed E-state index contributed by atoms with van der Waals surface area (Å²) in [6.45, 7) is 0.834. The zero-order chi connectivity index (χ0) is 18.0. The van der Waals surface area contributed by atoms with Crippen LogP contribution in [0, 0.1) is 0 Å². The predicted molar refractivity (Wildman–Crippen MR) is 92.6 cm³/mol. The van der Waals surface area contributed by atoms with Crippen LogP contribution in [0.4, 0.5) is 5.69 Å². The second-order valence-corrected chi connectivity index (χ2v) is 7.29. The van der Waals surface area contributed by atoms with Crippen molar-refractivity contribution in [2.45, 2.75) is 4.90 Å². The average Bonchev–Trinajstić information content (AvgIpc) is 2.66. The Balaban J connectivity index is 2.00. The predicted octanol–water partition coefficient (Wildman–Crippen LogP) is 2.30. The zero-order valence-corrected chi connectivity index (χ0v) is 15.0. The molecule has 0 aromatic heterocycles. The van der Waals surface area contributed by atoms with E-state index >= 15 is 0 Å². The fraction of sp³-hybridized carbons (Fsp3) is 0.294. The molecule has 8 heteroatoms. The molecule has 3 rings (SSSR count). The van der Waals surface area contributed by atoms with Crippen molar-refractivity contribution < 1.29 is 27.4 Å². The molecule has 0 unspecified atom stereocenters. The van der Waals surface area contributed by atoms with Gasteiger partial charge in [0.1, 0.15) is 24.7 Å². The maximum absolute atomic E-state index is 13.0. The number of fused-ring (bicyclic) bond motifs is 1. The van der Waals surface area contributed by atoms with Crippen molar-refractivity contribution in [1.82, 2.24) is 0 Å². The SMILES string of the molecule is COc1ccc(N(C)S(=O)(=O)c2ccc3c(c2)OCCO3)c(OC)c1. The number of hydrogen-bond acceptors (Lipinski definition) is 6. The molecule has 0 aliphatic carbocycles. The Hall–Kier alpha value is -2.61. The largest absolute Gasteiger partial charge is 0.497 e. The molecule has 0 bridgehead atoms. The van der Waals surface area contributed by atoms with Crippen molar-refractivity contribution in [3.63, 3.8) is 0 Å². The molecule has 0 fully saturated rings. The second kappa shape index (κ2) is 6.72. The summed E-state index contributed by atoms with van der Waals surface area (Å²) in [4.78, 5) is 0.108. The van der Waals surface area contributed by atoms with E-state index in [0.717, 1.165) is 4.31 Å². The van der Waals surface area contributed by atoms with Gasteiger partial charge in [-0.25, -0.2) is 8.42 Å². The first-order valence-electron chi connectivity index (χ1n) is 7.58. The molecular formula is C17H19NO6S. The summed E-state index contributed by atoms with van der Waals surface area (Å²) in [5, 5.41) is 0. The summed E-state index contributed by atoms with van der Waals surface area (Å²) in [5.74, 6) is 1.92. The van der Waals surface area contributed by atoms with Crippen LogP contribution in [0.3, 0.4) is 0 Å². The maximum atomic E-state index is 13.0. The van der Waals surface area contributed by atoms with E-state index in [0.29, 0.717) is 41.9 Å². The van der Waals surface area contributed by atoms with Gasteiger partial charge in [0.2, 0.25) is 0 Å². The van der Waals surface area contributed by atoms with Crippen LogP contribution in [-0.2, 0) is 10.0 Å². The van der Waals surface area contributed by atoms with Gasteiger partial charge >= 0.3 is 0 Å². The van der Waals surface area contributed by atoms with Gasteiger partial charge in [-0.3, -0.25) is 4.31 Å². The van der Waals surface area contributed by atoms with Crippen LogP contribution in [0.15, 0.2) is 41.3 Å². The summed E-state index contributed by atoms with van der Waals surface area (Å²) in [7, 11) is 0.675. The van der Waals surface area contributed by atoms with E-state index in [-0.39, 0.29) is 4.90 Å². The number of sulfonamides is 1. The lowest BCUT2D eigenvalue weighted by Crippen LogP contribution is -2.27. The highest BCUT2D eigenvalue weighted by Gasteiger charge is 2.26. The quantitative estimate of drug-likeness (QED) is 0.809. The summed E-state index contributed by atoms with van der Waals surface area (Å²) >= 11 is 0. The molecule has 0 N–H and O–H groups in total. The molecule has 7 nitrogen and oxygen atoms in total. The Kier molecular flexibility index (Phi) is 4.63. The van der Waals surface area contributed by atoms with Crippen molar-refractivity contribution in [2.75, 3.05) is 38.8 Å². The van der Waals surface area contributed by atoms with Crippen LogP contribution < -0.4 is 23.3 Å². The van der Waals surface area contributed by atoms with E-state index in [1.54, 1.807) is 24.3 Å². The van der Waals surface area contributed by atoms with Gasteiger partial charge in [-0.1, -0.05) is 0 Å². The molecule has 2 aromatic carbocycles. The zero-order valence-electron chi connectivity index (χ0n) is 14.2. The lowest BCUT2D eigenvalue weighted by atomic mass is 10.3. The van der Waals surface area contributed by atoms with Crippen LogP contribution in [0.1, 0.15) is 0 Å². The van der Waals surface area contributed by atoms with Crippen LogP contribution in [-0.4, -0.2) is 42.9 Å². The first-order chi connectivity index (χ1) is 12.0. The standard InChI is InChI=1S/C17H19NO6S/c1-18(14-6-4-12(21-2)10-16(14)22-3)25(19,20)13-5-7-15-17(11-13)24-9-8-23-15/h4-7,10-11H,8-9H2,1-3H3. The Bertz CT molecular complexity index is 881. The molecule has 1 aliphatic rings. The van der Waals surface area contributed by atoms with Crippen molar-refractivity contribution >= 4 is 15.7 Å². The Labute approximate surface area is 146 Å². The van der Waals surface area contributed by atoms with Crippen LogP contribution >= 0.6 is 0 Å². The normalized spacial score (nSPS) is 13.2. The van der Waals surface area contributed by atoms with E-state index in [9.17, 15) is 8.42 Å². The number of rotatable bonds is 5. The molecule has 0 atom stereocenters. The number of ether oxygens (including phenoxy) is 4. The molecule has 0 saturated carbocycles. The monoisotopic (exact) mass is 365 g/mol. The van der Waals surface area contributed by atoms with Crippen LogP contribution in [0.5, 0.6) is 23.0 Å². The molecule has 2 aromatic rings. The van der Waals surface area contributed by atoms with Crippen molar-refractivity contribution in [1.29, 1.82) is 0 Å². The fourth-order valence-electron chi connectivity index (χ4n) is 2.52. The number of benzene rings is 2. The van der Waals surface area contributed by atoms with E-state index in [4.69, 9.17) is 18.9 Å². The highest BCUT2D eigenvalue weighted by atomic mass is 32.2. The van der Waals surface area contributed by atoms with Gasteiger partial charge in [0.15, 0.2) is 11.5 Å². The van der Waals surface area contributed by atoms with E-state index in [1.165, 1.54) is 33.4 Å². The summed E-state index contributed by atoms with van der Waals surface area (Å²) in [6.07, 6.45) is 0. The van der Waals surface area contributed by atoms with Gasteiger partial charge in [-0.05, 0) is 24.3 Å². The van der Waals surface area contributed by atoms with Crippen LogP contribution in [0.25, 0.3) is 0 Å². The first kappa shape index (κ1) is 17.2. The Morgan fingerprint density at radius 3 is 2.36 bits per heavy atom. The molecule has 1 aliphatic heterocycles. The van der Waals surface area contributed by atoms with Gasteiger partial charge in [-0.2, -0.15) is 0 Å². The third-order valence-corrected chi connectivity index (χ3v) is 5.67. The minimum absolute atomic E-state index is 0.108. The minimum Gasteiger partial charge on any atom is -0.497 e. The maximum Gasteiger partial charge on any atom is 0.264 e. The van der Waals surface area contributed by atoms with Crippen molar-refractivity contribution in [2.24, 2.45) is 0 Å². The van der Waals surface area contributed by atoms with Gasteiger partial charge in [0, 0.05) is 19.2 Å². The van der Waals surface area contributed by atoms with E-state index in [2.05, 4.69) is 0 Å². The molecule has 0 radical (unpaired) electrons. The summed E-state index contributed by atoms with van der Waals surface area (Å²) in [6, 6.07) is 9.50. The molecular weight excluding hydrogens is 346 g/mol. The smallest absolute Gasteiger partial charge is 0.264 e. The van der Waals surface area contributed by atoms with Crippen molar-refractivity contribution in [3.8, 4) is 23.0 Å². The number of methoxy groups -OCH3 is 2. The third-order valence-electron chi connectivity index (χ3n) is 3.90. The fourth-order valence-corrected chi connectivity index (χ4v) is 3.74. The van der Waals surface area contributed by atoms with E-state index in [1.807, 2.05) is 0 Å². The van der Waals surface area contributed by atoms with Gasteiger partial charge in [0.25, 0.3) is 10.0 Å². The number of anilines is 1. The first-order valence-corrected chi connectivity index (χ1v) is 9.02. The Morgan fingerprint density at radius 2 is 1.68 bits per heavy atom. The molecule has 1 heterocycles. The average molecular weight is 365 g/mol. The Morgan fingerprint density at radius 1 is 0.960 bits per heavy atom. The highest BCUT2D eigenvalue weighted by Crippen LogP contribution is 2.37. The number of nitrogens with zero attached hydrogens (tertiary/aromatic N) is 1.